The van der Waals surface area contributed by atoms with Gasteiger partial charge >= 0.3 is 0 Å². The van der Waals surface area contributed by atoms with Crippen molar-refractivity contribution in [2.24, 2.45) is 0 Å². The van der Waals surface area contributed by atoms with Crippen LogP contribution in [0.4, 0.5) is 0 Å². The minimum atomic E-state index is -0.116. The van der Waals surface area contributed by atoms with E-state index in [1.165, 1.54) is 11.8 Å². The molecule has 10 heteroatoms. The third-order valence-corrected chi connectivity index (χ3v) is 6.34. The SMILES string of the molecule is CCCCn1nnnc1CSc1nnc2n(-c3ccccc3C)c(=O)c3ccccc3n12. The molecular weight excluding hydrogens is 424 g/mol. The van der Waals surface area contributed by atoms with Crippen LogP contribution in [0.3, 0.4) is 0 Å². The Hall–Kier alpha value is -3.53. The van der Waals surface area contributed by atoms with Crippen molar-refractivity contribution in [2.75, 3.05) is 0 Å². The number of rotatable bonds is 7. The fourth-order valence-corrected chi connectivity index (χ4v) is 4.61. The topological polar surface area (TPSA) is 95.8 Å². The van der Waals surface area contributed by atoms with Crippen LogP contribution in [0, 0.1) is 6.92 Å². The molecule has 32 heavy (non-hydrogen) atoms. The molecule has 0 aliphatic carbocycles. The molecule has 0 N–H and O–H groups in total. The monoisotopic (exact) mass is 446 g/mol. The summed E-state index contributed by atoms with van der Waals surface area (Å²) in [6, 6.07) is 15.3. The normalized spacial score (nSPS) is 11.6. The molecule has 0 spiro atoms. The van der Waals surface area contributed by atoms with Gasteiger partial charge in [-0.3, -0.25) is 9.20 Å². The molecule has 2 aromatic carbocycles. The Bertz CT molecular complexity index is 1470. The number of tetrazole rings is 1. The Labute approximate surface area is 188 Å². The first-order valence-corrected chi connectivity index (χ1v) is 11.5. The number of benzene rings is 2. The predicted molar refractivity (Wildman–Crippen MR) is 123 cm³/mol. The lowest BCUT2D eigenvalue weighted by Gasteiger charge is -2.13. The molecule has 0 amide bonds. The summed E-state index contributed by atoms with van der Waals surface area (Å²) in [6.45, 7) is 4.91. The second-order valence-electron chi connectivity index (χ2n) is 7.52. The molecule has 9 nitrogen and oxygen atoms in total. The number of para-hydroxylation sites is 2. The minimum Gasteiger partial charge on any atom is -0.268 e. The van der Waals surface area contributed by atoms with E-state index in [2.05, 4.69) is 32.6 Å². The Morgan fingerprint density at radius 3 is 2.66 bits per heavy atom. The van der Waals surface area contributed by atoms with E-state index < -0.39 is 0 Å². The second-order valence-corrected chi connectivity index (χ2v) is 8.47. The van der Waals surface area contributed by atoms with Gasteiger partial charge in [0.25, 0.3) is 5.56 Å². The van der Waals surface area contributed by atoms with E-state index in [1.807, 2.05) is 64.5 Å². The van der Waals surface area contributed by atoms with Crippen molar-refractivity contribution < 1.29 is 0 Å². The summed E-state index contributed by atoms with van der Waals surface area (Å²) in [4.78, 5) is 13.4. The maximum Gasteiger partial charge on any atom is 0.267 e. The summed E-state index contributed by atoms with van der Waals surface area (Å²) < 4.78 is 5.41. The van der Waals surface area contributed by atoms with Crippen molar-refractivity contribution in [2.45, 2.75) is 44.1 Å². The molecule has 0 bridgehead atoms. The molecule has 5 rings (SSSR count). The van der Waals surface area contributed by atoms with Gasteiger partial charge in [0.05, 0.1) is 22.3 Å². The van der Waals surface area contributed by atoms with Crippen LogP contribution in [0.1, 0.15) is 31.2 Å². The Kier molecular flexibility index (Phi) is 5.44. The van der Waals surface area contributed by atoms with Gasteiger partial charge < -0.3 is 0 Å². The lowest BCUT2D eigenvalue weighted by molar-refractivity contribution is 0.540. The van der Waals surface area contributed by atoms with Gasteiger partial charge in [0.1, 0.15) is 0 Å². The van der Waals surface area contributed by atoms with Gasteiger partial charge in [-0.05, 0) is 47.5 Å². The number of thioether (sulfide) groups is 1. The zero-order valence-corrected chi connectivity index (χ0v) is 18.7. The first-order chi connectivity index (χ1) is 15.7. The van der Waals surface area contributed by atoms with Crippen LogP contribution in [0.5, 0.6) is 0 Å². The highest BCUT2D eigenvalue weighted by molar-refractivity contribution is 7.98. The summed E-state index contributed by atoms with van der Waals surface area (Å²) in [6.07, 6.45) is 2.09. The maximum atomic E-state index is 13.4. The van der Waals surface area contributed by atoms with Gasteiger partial charge in [0.15, 0.2) is 11.0 Å². The van der Waals surface area contributed by atoms with Crippen molar-refractivity contribution in [3.05, 3.63) is 70.3 Å². The summed E-state index contributed by atoms with van der Waals surface area (Å²) >= 11 is 1.50. The Morgan fingerprint density at radius 1 is 1.00 bits per heavy atom. The van der Waals surface area contributed by atoms with Crippen LogP contribution >= 0.6 is 11.8 Å². The van der Waals surface area contributed by atoms with Gasteiger partial charge in [-0.1, -0.05) is 55.4 Å². The van der Waals surface area contributed by atoms with Crippen LogP contribution in [0.25, 0.3) is 22.4 Å². The number of aryl methyl sites for hydroxylation is 2. The van der Waals surface area contributed by atoms with Crippen molar-refractivity contribution in [1.29, 1.82) is 0 Å². The van der Waals surface area contributed by atoms with Crippen molar-refractivity contribution >= 4 is 28.4 Å². The quantitative estimate of drug-likeness (QED) is 0.354. The van der Waals surface area contributed by atoms with Crippen LogP contribution < -0.4 is 5.56 Å². The van der Waals surface area contributed by atoms with E-state index in [9.17, 15) is 4.79 Å². The fourth-order valence-electron chi connectivity index (χ4n) is 3.74. The maximum absolute atomic E-state index is 13.4. The Balaban J connectivity index is 1.64. The molecule has 0 saturated heterocycles. The Morgan fingerprint density at radius 2 is 1.81 bits per heavy atom. The van der Waals surface area contributed by atoms with Crippen molar-refractivity contribution in [3.8, 4) is 5.69 Å². The van der Waals surface area contributed by atoms with E-state index in [4.69, 9.17) is 0 Å². The zero-order chi connectivity index (χ0) is 22.1. The lowest BCUT2D eigenvalue weighted by Crippen LogP contribution is -2.22. The molecule has 0 radical (unpaired) electrons. The van der Waals surface area contributed by atoms with Gasteiger partial charge in [0, 0.05) is 6.54 Å². The molecule has 3 heterocycles. The van der Waals surface area contributed by atoms with Crippen LogP contribution in [0.15, 0.2) is 58.5 Å². The van der Waals surface area contributed by atoms with Crippen LogP contribution in [-0.4, -0.2) is 39.4 Å². The van der Waals surface area contributed by atoms with Gasteiger partial charge in [0.2, 0.25) is 5.78 Å². The number of hydrogen-bond donors (Lipinski definition) is 0. The van der Waals surface area contributed by atoms with E-state index in [-0.39, 0.29) is 5.56 Å². The highest BCUT2D eigenvalue weighted by atomic mass is 32.2. The number of hydrogen-bond acceptors (Lipinski definition) is 7. The van der Waals surface area contributed by atoms with Crippen LogP contribution in [0.2, 0.25) is 0 Å². The van der Waals surface area contributed by atoms with E-state index >= 15 is 0 Å². The third kappa shape index (κ3) is 3.46. The van der Waals surface area contributed by atoms with Gasteiger partial charge in [-0.25, -0.2) is 9.25 Å². The van der Waals surface area contributed by atoms with Crippen LogP contribution in [-0.2, 0) is 12.3 Å². The van der Waals surface area contributed by atoms with Gasteiger partial charge in [-0.15, -0.1) is 15.3 Å². The molecule has 0 aliphatic heterocycles. The summed E-state index contributed by atoms with van der Waals surface area (Å²) in [5.41, 5.74) is 2.44. The van der Waals surface area contributed by atoms with Crippen molar-refractivity contribution in [3.63, 3.8) is 0 Å². The van der Waals surface area contributed by atoms with E-state index in [0.29, 0.717) is 22.1 Å². The molecule has 3 aromatic heterocycles. The molecule has 0 atom stereocenters. The highest BCUT2D eigenvalue weighted by Gasteiger charge is 2.19. The number of unbranched alkanes of at least 4 members (excludes halogenated alkanes) is 1. The third-order valence-electron chi connectivity index (χ3n) is 5.41. The highest BCUT2D eigenvalue weighted by Crippen LogP contribution is 2.25. The first kappa shape index (κ1) is 20.4. The lowest BCUT2D eigenvalue weighted by atomic mass is 10.2. The van der Waals surface area contributed by atoms with E-state index in [1.54, 1.807) is 4.57 Å². The second kappa shape index (κ2) is 8.54. The smallest absolute Gasteiger partial charge is 0.267 e. The molecule has 162 valence electrons. The zero-order valence-electron chi connectivity index (χ0n) is 17.8. The minimum absolute atomic E-state index is 0.116. The number of nitrogens with zero attached hydrogens (tertiary/aromatic N) is 8. The largest absolute Gasteiger partial charge is 0.268 e. The molecule has 0 saturated carbocycles. The first-order valence-electron chi connectivity index (χ1n) is 10.5. The summed E-state index contributed by atoms with van der Waals surface area (Å²) in [5, 5.41) is 22.2. The summed E-state index contributed by atoms with van der Waals surface area (Å²) in [5.74, 6) is 1.82. The molecule has 0 unspecified atom stereocenters. The average Bonchev–Trinajstić information content (AvgIpc) is 3.44. The van der Waals surface area contributed by atoms with E-state index in [0.717, 1.165) is 42.0 Å². The fraction of sp³-hybridized carbons (Fsp3) is 0.273. The molecule has 5 aromatic rings. The van der Waals surface area contributed by atoms with Gasteiger partial charge in [-0.2, -0.15) is 0 Å². The predicted octanol–water partition coefficient (Wildman–Crippen LogP) is 3.42. The van der Waals surface area contributed by atoms with Crippen molar-refractivity contribution in [1.82, 2.24) is 39.4 Å². The average molecular weight is 447 g/mol. The number of fused-ring (bicyclic) bond motifs is 3. The summed E-state index contributed by atoms with van der Waals surface area (Å²) in [7, 11) is 0. The number of aromatic nitrogens is 8. The molecule has 0 aliphatic rings. The molecular formula is C22H22N8OS. The molecule has 0 fully saturated rings. The standard InChI is InChI=1S/C22H22N8OS/c1-3-4-13-28-19(23-26-27-28)14-32-22-25-24-21-29(17-11-7-5-9-15(17)2)20(31)16-10-6-8-12-18(16)30(21)22/h5-12H,3-4,13-14H2,1-2H3.